The fourth-order valence-corrected chi connectivity index (χ4v) is 3.77. The molecule has 2 N–H and O–H groups in total. The van der Waals surface area contributed by atoms with Gasteiger partial charge in [0.1, 0.15) is 0 Å². The molecule has 0 bridgehead atoms. The molecule has 4 heteroatoms. The first kappa shape index (κ1) is 15.6. The van der Waals surface area contributed by atoms with Crippen molar-refractivity contribution in [3.8, 4) is 0 Å². The summed E-state index contributed by atoms with van der Waals surface area (Å²) in [6.07, 6.45) is 8.48. The number of pyridine rings is 1. The van der Waals surface area contributed by atoms with Crippen LogP contribution in [0.1, 0.15) is 44.1 Å². The summed E-state index contributed by atoms with van der Waals surface area (Å²) in [5.74, 6) is 0.912. The summed E-state index contributed by atoms with van der Waals surface area (Å²) in [6.45, 7) is 1.53. The second-order valence-electron chi connectivity index (χ2n) is 7.29. The fraction of sp³-hybridized carbons (Fsp3) is 0.500. The minimum absolute atomic E-state index is 0.195. The lowest BCUT2D eigenvalue weighted by molar-refractivity contribution is -0.127. The normalized spacial score (nSPS) is 19.5. The molecule has 0 saturated heterocycles. The van der Waals surface area contributed by atoms with Gasteiger partial charge in [0.2, 0.25) is 5.91 Å². The van der Waals surface area contributed by atoms with Gasteiger partial charge >= 0.3 is 0 Å². The number of nitrogens with one attached hydrogen (secondary N) is 2. The Bertz CT molecular complexity index is 727. The number of amides is 1. The van der Waals surface area contributed by atoms with E-state index in [1.165, 1.54) is 12.8 Å². The van der Waals surface area contributed by atoms with E-state index in [4.69, 9.17) is 0 Å². The minimum atomic E-state index is -0.397. The largest absolute Gasteiger partial charge is 0.354 e. The molecule has 0 unspecified atom stereocenters. The Labute approximate surface area is 143 Å². The van der Waals surface area contributed by atoms with Crippen LogP contribution in [0.5, 0.6) is 0 Å². The molecule has 0 spiro atoms. The number of aromatic nitrogens is 1. The molecule has 2 aliphatic rings. The molecular formula is C20H25N3O. The molecule has 0 radical (unpaired) electrons. The first-order chi connectivity index (χ1) is 11.8. The molecule has 0 atom stereocenters. The molecular weight excluding hydrogens is 298 g/mol. The number of nitrogens with zero attached hydrogens (tertiary/aromatic N) is 1. The van der Waals surface area contributed by atoms with Crippen molar-refractivity contribution in [3.63, 3.8) is 0 Å². The smallest absolute Gasteiger partial charge is 0.240 e. The molecule has 2 fully saturated rings. The maximum absolute atomic E-state index is 12.8. The number of carbonyl (C=O) groups is 1. The molecule has 0 aliphatic heterocycles. The van der Waals surface area contributed by atoms with Crippen LogP contribution in [0.2, 0.25) is 0 Å². The van der Waals surface area contributed by atoms with E-state index in [1.54, 1.807) is 0 Å². The van der Waals surface area contributed by atoms with Crippen LogP contribution in [0.25, 0.3) is 10.9 Å². The first-order valence-corrected chi connectivity index (χ1v) is 9.13. The molecule has 2 aromatic rings. The number of hydrogen-bond donors (Lipinski definition) is 2. The van der Waals surface area contributed by atoms with E-state index in [1.807, 2.05) is 12.3 Å². The van der Waals surface area contributed by atoms with Crippen LogP contribution in [0, 0.1) is 5.92 Å². The van der Waals surface area contributed by atoms with Crippen molar-refractivity contribution in [2.24, 2.45) is 5.92 Å². The topological polar surface area (TPSA) is 54.0 Å². The molecule has 2 aliphatic carbocycles. The van der Waals surface area contributed by atoms with E-state index in [0.29, 0.717) is 6.54 Å². The third kappa shape index (κ3) is 3.16. The molecule has 2 saturated carbocycles. The van der Waals surface area contributed by atoms with Crippen molar-refractivity contribution >= 4 is 16.8 Å². The van der Waals surface area contributed by atoms with Gasteiger partial charge in [-0.05, 0) is 43.2 Å². The van der Waals surface area contributed by atoms with Crippen LogP contribution in [-0.2, 0) is 11.3 Å². The number of para-hydroxylation sites is 1. The summed E-state index contributed by atoms with van der Waals surface area (Å²) in [5, 5.41) is 7.93. The van der Waals surface area contributed by atoms with Crippen LogP contribution in [0.3, 0.4) is 0 Å². The summed E-state index contributed by atoms with van der Waals surface area (Å²) in [4.78, 5) is 17.3. The molecule has 24 heavy (non-hydrogen) atoms. The average molecular weight is 323 g/mol. The van der Waals surface area contributed by atoms with Gasteiger partial charge in [-0.15, -0.1) is 0 Å². The zero-order valence-electron chi connectivity index (χ0n) is 14.1. The highest BCUT2D eigenvalue weighted by molar-refractivity contribution is 5.87. The number of benzene rings is 1. The van der Waals surface area contributed by atoms with Crippen LogP contribution in [-0.4, -0.2) is 23.0 Å². The number of carbonyl (C=O) groups excluding carboxylic acids is 1. The lowest BCUT2D eigenvalue weighted by Gasteiger charge is -2.29. The molecule has 1 heterocycles. The molecule has 126 valence electrons. The minimum Gasteiger partial charge on any atom is -0.354 e. The summed E-state index contributed by atoms with van der Waals surface area (Å²) in [6, 6.07) is 10.3. The highest BCUT2D eigenvalue weighted by atomic mass is 16.2. The third-order valence-corrected chi connectivity index (χ3v) is 5.47. The third-order valence-electron chi connectivity index (χ3n) is 5.47. The predicted octanol–water partition coefficient (Wildman–Crippen LogP) is 3.16. The van der Waals surface area contributed by atoms with Crippen molar-refractivity contribution < 1.29 is 4.79 Å². The van der Waals surface area contributed by atoms with Gasteiger partial charge in [0, 0.05) is 24.7 Å². The summed E-state index contributed by atoms with van der Waals surface area (Å²) >= 11 is 0. The average Bonchev–Trinajstić information content (AvgIpc) is 3.33. The Balaban J connectivity index is 1.49. The monoisotopic (exact) mass is 323 g/mol. The van der Waals surface area contributed by atoms with Crippen molar-refractivity contribution in [2.45, 2.75) is 50.6 Å². The SMILES string of the molecule is O=C(NCC1CC1)C1(NCc2cccc3cccnc23)CCCC1. The van der Waals surface area contributed by atoms with Crippen LogP contribution in [0.15, 0.2) is 36.5 Å². The van der Waals surface area contributed by atoms with Gasteiger partial charge in [0.15, 0.2) is 0 Å². The Hall–Kier alpha value is -1.94. The predicted molar refractivity (Wildman–Crippen MR) is 95.5 cm³/mol. The maximum atomic E-state index is 12.8. The zero-order valence-corrected chi connectivity index (χ0v) is 14.1. The summed E-state index contributed by atoms with van der Waals surface area (Å²) in [7, 11) is 0. The van der Waals surface area contributed by atoms with Crippen LogP contribution < -0.4 is 10.6 Å². The van der Waals surface area contributed by atoms with E-state index in [2.05, 4.69) is 39.9 Å². The number of fused-ring (bicyclic) bond motifs is 1. The Morgan fingerprint density at radius 1 is 1.17 bits per heavy atom. The van der Waals surface area contributed by atoms with E-state index in [0.717, 1.165) is 54.6 Å². The molecule has 4 rings (SSSR count). The quantitative estimate of drug-likeness (QED) is 0.858. The van der Waals surface area contributed by atoms with E-state index in [9.17, 15) is 4.79 Å². The molecule has 4 nitrogen and oxygen atoms in total. The van der Waals surface area contributed by atoms with Crippen molar-refractivity contribution in [3.05, 3.63) is 42.1 Å². The number of rotatable bonds is 6. The molecule has 1 aromatic heterocycles. The standard InChI is InChI=1S/C20H25N3O/c24-19(22-13-15-8-9-15)20(10-1-2-11-20)23-14-17-6-3-5-16-7-4-12-21-18(16)17/h3-7,12,15,23H,1-2,8-11,13-14H2,(H,22,24). The van der Waals surface area contributed by atoms with E-state index < -0.39 is 5.54 Å². The summed E-state index contributed by atoms with van der Waals surface area (Å²) in [5.41, 5.74) is 1.79. The van der Waals surface area contributed by atoms with Gasteiger partial charge in [-0.25, -0.2) is 0 Å². The lowest BCUT2D eigenvalue weighted by Crippen LogP contribution is -2.55. The van der Waals surface area contributed by atoms with Crippen molar-refractivity contribution in [2.75, 3.05) is 6.54 Å². The van der Waals surface area contributed by atoms with E-state index in [-0.39, 0.29) is 5.91 Å². The van der Waals surface area contributed by atoms with Crippen molar-refractivity contribution in [1.82, 2.24) is 15.6 Å². The Morgan fingerprint density at radius 2 is 1.96 bits per heavy atom. The van der Waals surface area contributed by atoms with E-state index >= 15 is 0 Å². The van der Waals surface area contributed by atoms with Gasteiger partial charge in [-0.2, -0.15) is 0 Å². The Kier molecular flexibility index (Phi) is 4.23. The highest BCUT2D eigenvalue weighted by Crippen LogP contribution is 2.32. The van der Waals surface area contributed by atoms with Gasteiger partial charge in [0.05, 0.1) is 11.1 Å². The van der Waals surface area contributed by atoms with Crippen LogP contribution >= 0.6 is 0 Å². The van der Waals surface area contributed by atoms with Gasteiger partial charge in [0.25, 0.3) is 0 Å². The second-order valence-corrected chi connectivity index (χ2v) is 7.29. The van der Waals surface area contributed by atoms with Crippen molar-refractivity contribution in [1.29, 1.82) is 0 Å². The highest BCUT2D eigenvalue weighted by Gasteiger charge is 2.41. The number of hydrogen-bond acceptors (Lipinski definition) is 3. The molecule has 1 aromatic carbocycles. The lowest BCUT2D eigenvalue weighted by atomic mass is 9.95. The first-order valence-electron chi connectivity index (χ1n) is 9.13. The van der Waals surface area contributed by atoms with Gasteiger partial charge < -0.3 is 5.32 Å². The summed E-state index contributed by atoms with van der Waals surface area (Å²) < 4.78 is 0. The fourth-order valence-electron chi connectivity index (χ4n) is 3.77. The van der Waals surface area contributed by atoms with Crippen LogP contribution in [0.4, 0.5) is 0 Å². The Morgan fingerprint density at radius 3 is 2.75 bits per heavy atom. The maximum Gasteiger partial charge on any atom is 0.240 e. The molecule has 1 amide bonds. The van der Waals surface area contributed by atoms with Gasteiger partial charge in [-0.3, -0.25) is 15.1 Å². The second kappa shape index (κ2) is 6.52. The van der Waals surface area contributed by atoms with Gasteiger partial charge in [-0.1, -0.05) is 37.1 Å². The zero-order chi connectivity index (χ0) is 16.4.